The number of benzene rings is 1. The fraction of sp³-hybridized carbons (Fsp3) is 0.192. The Labute approximate surface area is 172 Å². The summed E-state index contributed by atoms with van der Waals surface area (Å²) in [6, 6.07) is 27.0. The van der Waals surface area contributed by atoms with Crippen molar-refractivity contribution in [2.75, 3.05) is 0 Å². The van der Waals surface area contributed by atoms with Gasteiger partial charge in [-0.3, -0.25) is 15.0 Å². The molecule has 0 aliphatic rings. The van der Waals surface area contributed by atoms with Gasteiger partial charge in [-0.05, 0) is 42.0 Å². The number of aromatic nitrogens is 3. The Morgan fingerprint density at radius 2 is 1.34 bits per heavy atom. The summed E-state index contributed by atoms with van der Waals surface area (Å²) >= 11 is 0. The molecule has 1 atom stereocenters. The summed E-state index contributed by atoms with van der Waals surface area (Å²) in [5, 5.41) is 0. The van der Waals surface area contributed by atoms with E-state index in [1.165, 1.54) is 5.56 Å². The van der Waals surface area contributed by atoms with Gasteiger partial charge in [-0.25, -0.2) is 0 Å². The minimum atomic E-state index is -0.163. The Kier molecular flexibility index (Phi) is 5.22. The molecule has 0 bridgehead atoms. The van der Waals surface area contributed by atoms with E-state index in [1.807, 2.05) is 24.3 Å². The van der Waals surface area contributed by atoms with Gasteiger partial charge in [-0.2, -0.15) is 0 Å². The predicted octanol–water partition coefficient (Wildman–Crippen LogP) is 6.02. The van der Waals surface area contributed by atoms with Crippen LogP contribution in [0.2, 0.25) is 0 Å². The Balaban J connectivity index is 1.67. The number of hydrogen-bond donors (Lipinski definition) is 0. The quantitative estimate of drug-likeness (QED) is 0.426. The normalized spacial score (nSPS) is 12.5. The first-order chi connectivity index (χ1) is 14.1. The molecule has 1 aromatic carbocycles. The van der Waals surface area contributed by atoms with Gasteiger partial charge in [0, 0.05) is 40.7 Å². The molecule has 144 valence electrons. The van der Waals surface area contributed by atoms with Gasteiger partial charge in [0.25, 0.3) is 0 Å². The molecule has 29 heavy (non-hydrogen) atoms. The summed E-state index contributed by atoms with van der Waals surface area (Å²) in [5.41, 5.74) is 6.24. The molecule has 1 unspecified atom stereocenters. The Hall–Kier alpha value is -3.33. The SMILES string of the molecule is CC(c1cccc(-c2ccncc2)n1)c1cccc(C(C)(C)c2ccccc2)n1. The van der Waals surface area contributed by atoms with Gasteiger partial charge in [0.05, 0.1) is 11.4 Å². The summed E-state index contributed by atoms with van der Waals surface area (Å²) in [6.45, 7) is 6.61. The zero-order chi connectivity index (χ0) is 20.3. The van der Waals surface area contributed by atoms with Crippen molar-refractivity contribution in [3.8, 4) is 11.3 Å². The van der Waals surface area contributed by atoms with Crippen LogP contribution in [-0.4, -0.2) is 15.0 Å². The zero-order valence-electron chi connectivity index (χ0n) is 17.1. The molecule has 0 amide bonds. The lowest BCUT2D eigenvalue weighted by molar-refractivity contribution is 0.609. The fourth-order valence-corrected chi connectivity index (χ4v) is 3.57. The molecule has 3 heterocycles. The number of rotatable bonds is 5. The van der Waals surface area contributed by atoms with E-state index in [4.69, 9.17) is 9.97 Å². The van der Waals surface area contributed by atoms with Crippen LogP contribution >= 0.6 is 0 Å². The zero-order valence-corrected chi connectivity index (χ0v) is 17.1. The molecule has 0 saturated heterocycles. The highest BCUT2D eigenvalue weighted by molar-refractivity contribution is 5.58. The second-order valence-electron chi connectivity index (χ2n) is 7.84. The van der Waals surface area contributed by atoms with E-state index in [-0.39, 0.29) is 11.3 Å². The van der Waals surface area contributed by atoms with Gasteiger partial charge >= 0.3 is 0 Å². The lowest BCUT2D eigenvalue weighted by atomic mass is 9.81. The van der Waals surface area contributed by atoms with Crippen molar-refractivity contribution in [3.63, 3.8) is 0 Å². The van der Waals surface area contributed by atoms with E-state index >= 15 is 0 Å². The van der Waals surface area contributed by atoms with Crippen LogP contribution in [0.5, 0.6) is 0 Å². The lowest BCUT2D eigenvalue weighted by Gasteiger charge is -2.26. The minimum absolute atomic E-state index is 0.100. The summed E-state index contributed by atoms with van der Waals surface area (Å²) < 4.78 is 0. The van der Waals surface area contributed by atoms with Crippen LogP contribution in [0, 0.1) is 0 Å². The minimum Gasteiger partial charge on any atom is -0.265 e. The summed E-state index contributed by atoms with van der Waals surface area (Å²) in [7, 11) is 0. The molecular formula is C26H25N3. The lowest BCUT2D eigenvalue weighted by Crippen LogP contribution is -2.21. The maximum atomic E-state index is 5.05. The number of pyridine rings is 3. The van der Waals surface area contributed by atoms with Gasteiger partial charge in [0.15, 0.2) is 0 Å². The Morgan fingerprint density at radius 3 is 2.07 bits per heavy atom. The third-order valence-electron chi connectivity index (χ3n) is 5.54. The van der Waals surface area contributed by atoms with Crippen molar-refractivity contribution >= 4 is 0 Å². The summed E-state index contributed by atoms with van der Waals surface area (Å²) in [5.74, 6) is 0.100. The molecule has 3 aromatic heterocycles. The van der Waals surface area contributed by atoms with Crippen molar-refractivity contribution in [1.29, 1.82) is 0 Å². The molecule has 3 nitrogen and oxygen atoms in total. The third-order valence-corrected chi connectivity index (χ3v) is 5.54. The maximum Gasteiger partial charge on any atom is 0.0706 e. The number of nitrogens with zero attached hydrogens (tertiary/aromatic N) is 3. The highest BCUT2D eigenvalue weighted by atomic mass is 14.8. The standard InChI is InChI=1S/C26H25N3/c1-19(22-11-7-13-24(28-22)20-15-17-27-18-16-20)23-12-8-14-25(29-23)26(2,3)21-9-5-4-6-10-21/h4-19H,1-3H3. The second-order valence-corrected chi connectivity index (χ2v) is 7.84. The van der Waals surface area contributed by atoms with Crippen LogP contribution in [-0.2, 0) is 5.41 Å². The average Bonchev–Trinajstić information content (AvgIpc) is 2.80. The van der Waals surface area contributed by atoms with Crippen LogP contribution in [0.4, 0.5) is 0 Å². The van der Waals surface area contributed by atoms with E-state index in [1.54, 1.807) is 12.4 Å². The van der Waals surface area contributed by atoms with Crippen LogP contribution in [0.25, 0.3) is 11.3 Å². The molecule has 0 saturated carbocycles. The molecule has 4 aromatic rings. The first kappa shape index (κ1) is 19.0. The molecule has 0 fully saturated rings. The molecule has 3 heteroatoms. The largest absolute Gasteiger partial charge is 0.265 e. The van der Waals surface area contributed by atoms with Crippen molar-refractivity contribution < 1.29 is 0 Å². The van der Waals surface area contributed by atoms with Crippen molar-refractivity contribution in [3.05, 3.63) is 114 Å². The topological polar surface area (TPSA) is 38.7 Å². The average molecular weight is 380 g/mol. The fourth-order valence-electron chi connectivity index (χ4n) is 3.57. The number of hydrogen-bond acceptors (Lipinski definition) is 3. The van der Waals surface area contributed by atoms with E-state index in [2.05, 4.69) is 80.4 Å². The maximum absolute atomic E-state index is 5.05. The monoisotopic (exact) mass is 379 g/mol. The molecule has 0 spiro atoms. The molecule has 0 N–H and O–H groups in total. The highest BCUT2D eigenvalue weighted by Gasteiger charge is 2.25. The third kappa shape index (κ3) is 3.95. The van der Waals surface area contributed by atoms with E-state index in [0.29, 0.717) is 0 Å². The van der Waals surface area contributed by atoms with Gasteiger partial charge in [-0.1, -0.05) is 63.2 Å². The summed E-state index contributed by atoms with van der Waals surface area (Å²) in [4.78, 5) is 14.0. The summed E-state index contributed by atoms with van der Waals surface area (Å²) in [6.07, 6.45) is 3.59. The van der Waals surface area contributed by atoms with Crippen LogP contribution in [0.1, 0.15) is 49.3 Å². The Morgan fingerprint density at radius 1 is 0.690 bits per heavy atom. The van der Waals surface area contributed by atoms with Crippen molar-refractivity contribution in [2.45, 2.75) is 32.1 Å². The Bertz CT molecular complexity index is 1090. The van der Waals surface area contributed by atoms with Crippen molar-refractivity contribution in [2.24, 2.45) is 0 Å². The van der Waals surface area contributed by atoms with Gasteiger partial charge in [0.1, 0.15) is 0 Å². The van der Waals surface area contributed by atoms with Gasteiger partial charge in [0.2, 0.25) is 0 Å². The van der Waals surface area contributed by atoms with E-state index in [9.17, 15) is 0 Å². The molecular weight excluding hydrogens is 354 g/mol. The van der Waals surface area contributed by atoms with Crippen LogP contribution < -0.4 is 0 Å². The highest BCUT2D eigenvalue weighted by Crippen LogP contribution is 2.32. The second kappa shape index (κ2) is 7.96. The van der Waals surface area contributed by atoms with Gasteiger partial charge < -0.3 is 0 Å². The van der Waals surface area contributed by atoms with Gasteiger partial charge in [-0.15, -0.1) is 0 Å². The predicted molar refractivity (Wildman–Crippen MR) is 118 cm³/mol. The van der Waals surface area contributed by atoms with Crippen LogP contribution in [0.15, 0.2) is 91.3 Å². The van der Waals surface area contributed by atoms with Crippen LogP contribution in [0.3, 0.4) is 0 Å². The molecule has 0 aliphatic carbocycles. The first-order valence-corrected chi connectivity index (χ1v) is 9.96. The van der Waals surface area contributed by atoms with E-state index < -0.39 is 0 Å². The first-order valence-electron chi connectivity index (χ1n) is 9.96. The molecule has 4 rings (SSSR count). The van der Waals surface area contributed by atoms with E-state index in [0.717, 1.165) is 28.3 Å². The molecule has 0 radical (unpaired) electrons. The smallest absolute Gasteiger partial charge is 0.0706 e. The molecule has 0 aliphatic heterocycles. The van der Waals surface area contributed by atoms with Crippen molar-refractivity contribution in [1.82, 2.24) is 15.0 Å².